The molecule has 3 rings (SSSR count). The highest BCUT2D eigenvalue weighted by molar-refractivity contribution is 7.17. The van der Waals surface area contributed by atoms with Crippen molar-refractivity contribution >= 4 is 33.9 Å². The van der Waals surface area contributed by atoms with Crippen molar-refractivity contribution in [2.24, 2.45) is 0 Å². The monoisotopic (exact) mass is 394 g/mol. The quantitative estimate of drug-likeness (QED) is 0.630. The third-order valence-corrected chi connectivity index (χ3v) is 5.41. The van der Waals surface area contributed by atoms with Crippen LogP contribution in [0.15, 0.2) is 54.6 Å². The first kappa shape index (κ1) is 19.6. The number of rotatable bonds is 5. The number of hydrogen-bond donors (Lipinski definition) is 1. The standard InChI is InChI=1S/C22H22N2O3S/c1-14-18(15-9-6-5-7-10-15)19(22(26)27-4)21(28-14)23-20(25)16-11-8-12-17(13-16)24(2)3/h5-13H,1-4H3,(H,23,25). The van der Waals surface area contributed by atoms with E-state index >= 15 is 0 Å². The summed E-state index contributed by atoms with van der Waals surface area (Å²) in [6.07, 6.45) is 0. The molecule has 5 nitrogen and oxygen atoms in total. The van der Waals surface area contributed by atoms with Gasteiger partial charge in [0.05, 0.1) is 7.11 Å². The van der Waals surface area contributed by atoms with Crippen LogP contribution in [0.2, 0.25) is 0 Å². The highest BCUT2D eigenvalue weighted by Gasteiger charge is 2.25. The molecule has 2 aromatic carbocycles. The van der Waals surface area contributed by atoms with Crippen molar-refractivity contribution in [1.82, 2.24) is 0 Å². The summed E-state index contributed by atoms with van der Waals surface area (Å²) in [6, 6.07) is 17.0. The lowest BCUT2D eigenvalue weighted by atomic mass is 10.0. The van der Waals surface area contributed by atoms with Gasteiger partial charge in [0.25, 0.3) is 5.91 Å². The number of thiophene rings is 1. The van der Waals surface area contributed by atoms with Gasteiger partial charge < -0.3 is 15.0 Å². The second-order valence-electron chi connectivity index (χ2n) is 6.49. The minimum Gasteiger partial charge on any atom is -0.465 e. The van der Waals surface area contributed by atoms with Crippen LogP contribution in [0.5, 0.6) is 0 Å². The molecule has 1 heterocycles. The van der Waals surface area contributed by atoms with Crippen LogP contribution in [0.1, 0.15) is 25.6 Å². The summed E-state index contributed by atoms with van der Waals surface area (Å²) in [4.78, 5) is 28.2. The summed E-state index contributed by atoms with van der Waals surface area (Å²) in [6.45, 7) is 1.93. The van der Waals surface area contributed by atoms with Crippen molar-refractivity contribution in [2.45, 2.75) is 6.92 Å². The molecule has 0 saturated heterocycles. The molecule has 0 aliphatic rings. The number of amides is 1. The number of carbonyl (C=O) groups is 2. The molecular weight excluding hydrogens is 372 g/mol. The molecule has 6 heteroatoms. The van der Waals surface area contributed by atoms with E-state index in [1.54, 1.807) is 6.07 Å². The Hall–Kier alpha value is -3.12. The van der Waals surface area contributed by atoms with E-state index in [0.29, 0.717) is 16.1 Å². The molecule has 0 spiro atoms. The van der Waals surface area contributed by atoms with Crippen LogP contribution in [-0.4, -0.2) is 33.1 Å². The van der Waals surface area contributed by atoms with Gasteiger partial charge in [-0.1, -0.05) is 36.4 Å². The lowest BCUT2D eigenvalue weighted by molar-refractivity contribution is 0.0603. The second-order valence-corrected chi connectivity index (χ2v) is 7.72. The molecule has 0 unspecified atom stereocenters. The maximum atomic E-state index is 12.8. The molecule has 1 N–H and O–H groups in total. The Morgan fingerprint density at radius 2 is 1.75 bits per heavy atom. The predicted molar refractivity (Wildman–Crippen MR) is 115 cm³/mol. The molecule has 1 aromatic heterocycles. The van der Waals surface area contributed by atoms with Gasteiger partial charge in [-0.25, -0.2) is 4.79 Å². The second kappa shape index (κ2) is 8.27. The maximum absolute atomic E-state index is 12.8. The molecule has 0 saturated carbocycles. The zero-order valence-corrected chi connectivity index (χ0v) is 17.1. The summed E-state index contributed by atoms with van der Waals surface area (Å²) in [7, 11) is 5.18. The van der Waals surface area contributed by atoms with Crippen LogP contribution in [0.4, 0.5) is 10.7 Å². The highest BCUT2D eigenvalue weighted by atomic mass is 32.1. The minimum absolute atomic E-state index is 0.269. The van der Waals surface area contributed by atoms with Gasteiger partial charge in [0.2, 0.25) is 0 Å². The largest absolute Gasteiger partial charge is 0.465 e. The van der Waals surface area contributed by atoms with E-state index in [0.717, 1.165) is 21.7 Å². The summed E-state index contributed by atoms with van der Waals surface area (Å²) in [5.41, 5.74) is 3.53. The van der Waals surface area contributed by atoms with Crippen molar-refractivity contribution in [2.75, 3.05) is 31.4 Å². The fourth-order valence-corrected chi connectivity index (χ4v) is 4.04. The normalized spacial score (nSPS) is 10.4. The summed E-state index contributed by atoms with van der Waals surface area (Å²) in [5, 5.41) is 3.39. The SMILES string of the molecule is COC(=O)c1c(NC(=O)c2cccc(N(C)C)c2)sc(C)c1-c1ccccc1. The molecule has 0 fully saturated rings. The zero-order valence-electron chi connectivity index (χ0n) is 16.3. The van der Waals surface area contributed by atoms with E-state index in [4.69, 9.17) is 4.74 Å². The number of aryl methyl sites for hydroxylation is 1. The van der Waals surface area contributed by atoms with Crippen molar-refractivity contribution in [3.8, 4) is 11.1 Å². The molecule has 0 bridgehead atoms. The maximum Gasteiger partial charge on any atom is 0.341 e. The van der Waals surface area contributed by atoms with E-state index in [9.17, 15) is 9.59 Å². The van der Waals surface area contributed by atoms with Gasteiger partial charge in [-0.2, -0.15) is 0 Å². The van der Waals surface area contributed by atoms with Crippen molar-refractivity contribution in [3.63, 3.8) is 0 Å². The van der Waals surface area contributed by atoms with E-state index in [1.165, 1.54) is 18.4 Å². The number of methoxy groups -OCH3 is 1. The van der Waals surface area contributed by atoms with E-state index in [2.05, 4.69) is 5.32 Å². The van der Waals surface area contributed by atoms with Crippen molar-refractivity contribution < 1.29 is 14.3 Å². The first-order chi connectivity index (χ1) is 13.4. The Bertz CT molecular complexity index is 1010. The van der Waals surface area contributed by atoms with Crippen LogP contribution in [-0.2, 0) is 4.74 Å². The summed E-state index contributed by atoms with van der Waals surface area (Å²) < 4.78 is 5.00. The number of hydrogen-bond acceptors (Lipinski definition) is 5. The van der Waals surface area contributed by atoms with Crippen LogP contribution in [0.3, 0.4) is 0 Å². The molecule has 1 amide bonds. The zero-order chi connectivity index (χ0) is 20.3. The molecule has 28 heavy (non-hydrogen) atoms. The third kappa shape index (κ3) is 3.92. The first-order valence-electron chi connectivity index (χ1n) is 8.78. The first-order valence-corrected chi connectivity index (χ1v) is 9.60. The number of benzene rings is 2. The molecule has 0 aliphatic carbocycles. The van der Waals surface area contributed by atoms with Crippen LogP contribution in [0.25, 0.3) is 11.1 Å². The van der Waals surface area contributed by atoms with Gasteiger partial charge in [-0.15, -0.1) is 11.3 Å². The van der Waals surface area contributed by atoms with Gasteiger partial charge >= 0.3 is 5.97 Å². The van der Waals surface area contributed by atoms with E-state index in [-0.39, 0.29) is 5.91 Å². The number of anilines is 2. The van der Waals surface area contributed by atoms with Crippen LogP contribution >= 0.6 is 11.3 Å². The fourth-order valence-electron chi connectivity index (χ4n) is 2.98. The molecule has 0 radical (unpaired) electrons. The lowest BCUT2D eigenvalue weighted by Crippen LogP contribution is -2.15. The topological polar surface area (TPSA) is 58.6 Å². The minimum atomic E-state index is -0.472. The number of esters is 1. The van der Waals surface area contributed by atoms with Crippen LogP contribution < -0.4 is 10.2 Å². The lowest BCUT2D eigenvalue weighted by Gasteiger charge is -2.13. The average Bonchev–Trinajstić information content (AvgIpc) is 3.03. The number of nitrogens with zero attached hydrogens (tertiary/aromatic N) is 1. The van der Waals surface area contributed by atoms with Gasteiger partial charge in [-0.05, 0) is 30.7 Å². The molecule has 3 aromatic rings. The van der Waals surface area contributed by atoms with Crippen molar-refractivity contribution in [3.05, 3.63) is 70.6 Å². The Balaban J connectivity index is 2.02. The predicted octanol–water partition coefficient (Wildman–Crippen LogP) is 4.83. The van der Waals surface area contributed by atoms with Crippen LogP contribution in [0, 0.1) is 6.92 Å². The fraction of sp³-hybridized carbons (Fsp3) is 0.182. The Labute approximate surface area is 168 Å². The van der Waals surface area contributed by atoms with E-state index < -0.39 is 5.97 Å². The highest BCUT2D eigenvalue weighted by Crippen LogP contribution is 2.40. The van der Waals surface area contributed by atoms with Crippen molar-refractivity contribution in [1.29, 1.82) is 0 Å². The number of ether oxygens (including phenoxy) is 1. The number of nitrogens with one attached hydrogen (secondary N) is 1. The van der Waals surface area contributed by atoms with E-state index in [1.807, 2.05) is 74.4 Å². The summed E-state index contributed by atoms with van der Waals surface area (Å²) >= 11 is 1.37. The Morgan fingerprint density at radius 3 is 2.39 bits per heavy atom. The Morgan fingerprint density at radius 1 is 1.04 bits per heavy atom. The van der Waals surface area contributed by atoms with Gasteiger partial charge in [0, 0.05) is 35.8 Å². The van der Waals surface area contributed by atoms with Gasteiger partial charge in [-0.3, -0.25) is 4.79 Å². The average molecular weight is 394 g/mol. The Kier molecular flexibility index (Phi) is 5.80. The molecule has 144 valence electrons. The third-order valence-electron chi connectivity index (χ3n) is 4.39. The van der Waals surface area contributed by atoms with Gasteiger partial charge in [0.1, 0.15) is 10.6 Å². The molecule has 0 aliphatic heterocycles. The smallest absolute Gasteiger partial charge is 0.341 e. The molecular formula is C22H22N2O3S. The summed E-state index contributed by atoms with van der Waals surface area (Å²) in [5.74, 6) is -0.740. The molecule has 0 atom stereocenters. The van der Waals surface area contributed by atoms with Gasteiger partial charge in [0.15, 0.2) is 0 Å². The number of carbonyl (C=O) groups excluding carboxylic acids is 2.